The molecule has 0 saturated carbocycles. The summed E-state index contributed by atoms with van der Waals surface area (Å²) in [6, 6.07) is 23.3. The van der Waals surface area contributed by atoms with Crippen molar-refractivity contribution in [1.82, 2.24) is 10.2 Å². The van der Waals surface area contributed by atoms with Crippen LogP contribution < -0.4 is 10.2 Å². The first-order valence-electron chi connectivity index (χ1n) is 15.1. The summed E-state index contributed by atoms with van der Waals surface area (Å²) in [6.07, 6.45) is 2.16. The molecule has 2 amide bonds. The Morgan fingerprint density at radius 3 is 2.02 bits per heavy atom. The minimum atomic E-state index is -1.15. The lowest BCUT2D eigenvalue weighted by molar-refractivity contribution is -0.147. The summed E-state index contributed by atoms with van der Waals surface area (Å²) >= 11 is 0. The lowest BCUT2D eigenvalue weighted by Gasteiger charge is -2.35. The molecule has 1 aliphatic rings. The summed E-state index contributed by atoms with van der Waals surface area (Å²) in [5.74, 6) is -2.45. The smallest absolute Gasteiger partial charge is 0.326 e. The first-order chi connectivity index (χ1) is 21.2. The predicted octanol–water partition coefficient (Wildman–Crippen LogP) is 4.03. The third-order valence-electron chi connectivity index (χ3n) is 8.06. The number of anilines is 1. The average Bonchev–Trinajstić information content (AvgIpc) is 3.46. The molecule has 3 aromatic carbocycles. The van der Waals surface area contributed by atoms with Crippen LogP contribution in [0, 0.1) is 0 Å². The number of fused-ring (bicyclic) bond motifs is 1. The van der Waals surface area contributed by atoms with E-state index < -0.39 is 36.0 Å². The summed E-state index contributed by atoms with van der Waals surface area (Å²) in [5.41, 5.74) is 3.71. The Bertz CT molecular complexity index is 1410. The lowest BCUT2D eigenvalue weighted by atomic mass is 10.0. The molecule has 232 valence electrons. The van der Waals surface area contributed by atoms with Crippen LogP contribution in [-0.2, 0) is 43.2 Å². The Morgan fingerprint density at radius 1 is 0.886 bits per heavy atom. The van der Waals surface area contributed by atoms with Crippen LogP contribution in [-0.4, -0.2) is 71.1 Å². The second-order valence-electron chi connectivity index (χ2n) is 11.1. The predicted molar refractivity (Wildman–Crippen MR) is 168 cm³/mol. The van der Waals surface area contributed by atoms with Gasteiger partial charge >= 0.3 is 11.9 Å². The maximum atomic E-state index is 14.2. The van der Waals surface area contributed by atoms with Gasteiger partial charge in [0.05, 0.1) is 12.6 Å². The topological polar surface area (TPSA) is 116 Å². The van der Waals surface area contributed by atoms with Gasteiger partial charge in [0.2, 0.25) is 11.8 Å². The van der Waals surface area contributed by atoms with E-state index in [0.717, 1.165) is 16.7 Å². The zero-order valence-corrected chi connectivity index (χ0v) is 25.5. The van der Waals surface area contributed by atoms with E-state index in [0.29, 0.717) is 31.4 Å². The first-order valence-corrected chi connectivity index (χ1v) is 15.1. The van der Waals surface area contributed by atoms with E-state index in [1.807, 2.05) is 54.6 Å². The van der Waals surface area contributed by atoms with Gasteiger partial charge < -0.3 is 14.7 Å². The number of carbonyl (C=O) groups is 4. The number of carbonyl (C=O) groups excluding carboxylic acids is 3. The zero-order chi connectivity index (χ0) is 31.6. The van der Waals surface area contributed by atoms with Crippen molar-refractivity contribution in [1.29, 1.82) is 0 Å². The third-order valence-corrected chi connectivity index (χ3v) is 8.06. The molecular weight excluding hydrogens is 558 g/mol. The average molecular weight is 600 g/mol. The number of nitrogens with one attached hydrogen (secondary N) is 1. The minimum Gasteiger partial charge on any atom is -0.480 e. The maximum absolute atomic E-state index is 14.2. The van der Waals surface area contributed by atoms with Gasteiger partial charge in [0.1, 0.15) is 18.6 Å². The number of rotatable bonds is 14. The van der Waals surface area contributed by atoms with Crippen LogP contribution in [0.3, 0.4) is 0 Å². The number of hydrogen-bond acceptors (Lipinski definition) is 6. The summed E-state index contributed by atoms with van der Waals surface area (Å²) < 4.78 is 5.33. The second-order valence-corrected chi connectivity index (χ2v) is 11.1. The molecule has 9 heteroatoms. The van der Waals surface area contributed by atoms with E-state index in [4.69, 9.17) is 4.74 Å². The van der Waals surface area contributed by atoms with Crippen molar-refractivity contribution in [3.05, 3.63) is 102 Å². The number of para-hydroxylation sites is 1. The van der Waals surface area contributed by atoms with E-state index in [-0.39, 0.29) is 25.1 Å². The fourth-order valence-corrected chi connectivity index (χ4v) is 5.74. The fraction of sp³-hybridized carbons (Fsp3) is 0.371. The summed E-state index contributed by atoms with van der Waals surface area (Å²) in [6.45, 7) is 4.77. The largest absolute Gasteiger partial charge is 0.480 e. The monoisotopic (exact) mass is 599 g/mol. The van der Waals surface area contributed by atoms with Crippen molar-refractivity contribution >= 4 is 29.4 Å². The van der Waals surface area contributed by atoms with Crippen LogP contribution >= 0.6 is 0 Å². The number of benzene rings is 3. The molecule has 3 aromatic rings. The van der Waals surface area contributed by atoms with Crippen LogP contribution in [0.5, 0.6) is 0 Å². The van der Waals surface area contributed by atoms with Crippen molar-refractivity contribution in [3.63, 3.8) is 0 Å². The lowest BCUT2D eigenvalue weighted by Crippen LogP contribution is -2.57. The van der Waals surface area contributed by atoms with Crippen molar-refractivity contribution < 1.29 is 29.0 Å². The fourth-order valence-electron chi connectivity index (χ4n) is 5.74. The highest BCUT2D eigenvalue weighted by Crippen LogP contribution is 2.27. The Labute approximate surface area is 258 Å². The number of esters is 1. The molecule has 0 spiro atoms. The molecule has 0 saturated heterocycles. The molecular formula is C35H41N3O6. The quantitative estimate of drug-likeness (QED) is 0.269. The molecule has 1 unspecified atom stereocenters. The number of aryl methyl sites for hydroxylation is 1. The highest BCUT2D eigenvalue weighted by atomic mass is 16.5. The molecule has 4 rings (SSSR count). The van der Waals surface area contributed by atoms with Crippen molar-refractivity contribution in [2.45, 2.75) is 70.6 Å². The number of nitrogens with zero attached hydrogens (tertiary/aromatic N) is 2. The molecule has 0 aliphatic heterocycles. The molecule has 0 fully saturated rings. The molecule has 2 N–H and O–H groups in total. The maximum Gasteiger partial charge on any atom is 0.326 e. The van der Waals surface area contributed by atoms with Crippen molar-refractivity contribution in [2.24, 2.45) is 0 Å². The number of ether oxygens (including phenoxy) is 1. The Morgan fingerprint density at radius 2 is 1.45 bits per heavy atom. The second kappa shape index (κ2) is 15.3. The Kier molecular flexibility index (Phi) is 11.3. The van der Waals surface area contributed by atoms with Crippen LogP contribution in [0.2, 0.25) is 0 Å². The molecule has 0 heterocycles. The Hall–Kier alpha value is -4.50. The van der Waals surface area contributed by atoms with Crippen molar-refractivity contribution in [2.75, 3.05) is 18.1 Å². The van der Waals surface area contributed by atoms with E-state index in [1.54, 1.807) is 49.1 Å². The van der Waals surface area contributed by atoms with Gasteiger partial charge in [-0.1, -0.05) is 72.8 Å². The molecule has 0 radical (unpaired) electrons. The van der Waals surface area contributed by atoms with Gasteiger partial charge in [-0.3, -0.25) is 24.6 Å². The van der Waals surface area contributed by atoms with E-state index in [2.05, 4.69) is 5.32 Å². The van der Waals surface area contributed by atoms with Crippen molar-refractivity contribution in [3.8, 4) is 0 Å². The molecule has 1 aliphatic carbocycles. The van der Waals surface area contributed by atoms with Gasteiger partial charge in [0.25, 0.3) is 0 Å². The third kappa shape index (κ3) is 8.11. The number of carboxylic acid groups (broad SMARTS) is 1. The van der Waals surface area contributed by atoms with Gasteiger partial charge in [0, 0.05) is 11.7 Å². The van der Waals surface area contributed by atoms with Crippen LogP contribution in [0.4, 0.5) is 5.69 Å². The minimum absolute atomic E-state index is 0.211. The van der Waals surface area contributed by atoms with E-state index in [1.165, 1.54) is 11.8 Å². The highest BCUT2D eigenvalue weighted by Gasteiger charge is 2.37. The number of hydrogen-bond donors (Lipinski definition) is 2. The number of aliphatic carboxylic acids is 1. The highest BCUT2D eigenvalue weighted by molar-refractivity contribution is 6.01. The Balaban J connectivity index is 1.58. The summed E-state index contributed by atoms with van der Waals surface area (Å²) in [4.78, 5) is 55.8. The summed E-state index contributed by atoms with van der Waals surface area (Å²) in [7, 11) is 0. The first kappa shape index (κ1) is 32.4. The number of amides is 2. The van der Waals surface area contributed by atoms with E-state index in [9.17, 15) is 24.3 Å². The standard InChI is InChI=1S/C35H41N3O6/c1-4-44-35(43)31(20-19-26-13-7-5-8-14-26)36-24(2)33(40)37(30-21-27-15-11-12-16-28(27)22-30)23-32(39)38(25(3)34(41)42)29-17-9-6-10-18-29/h5-18,24-25,30-31,36H,4,19-23H2,1-3H3,(H,41,42)/t24-,25-,31?/m0/s1. The summed E-state index contributed by atoms with van der Waals surface area (Å²) in [5, 5.41) is 13.0. The molecule has 3 atom stereocenters. The van der Waals surface area contributed by atoms with Gasteiger partial charge in [0.15, 0.2) is 0 Å². The van der Waals surface area contributed by atoms with Gasteiger partial charge in [-0.05, 0) is 75.3 Å². The number of carboxylic acids is 1. The molecule has 0 aromatic heterocycles. The molecule has 9 nitrogen and oxygen atoms in total. The SMILES string of the molecule is CCOC(=O)C(CCc1ccccc1)N[C@@H](C)C(=O)N(CC(=O)N(c1ccccc1)[C@@H](C)C(=O)O)C1Cc2ccccc2C1. The zero-order valence-electron chi connectivity index (χ0n) is 25.5. The van der Waals surface area contributed by atoms with E-state index >= 15 is 0 Å². The molecule has 44 heavy (non-hydrogen) atoms. The van der Waals surface area contributed by atoms with Gasteiger partial charge in [-0.2, -0.15) is 0 Å². The van der Waals surface area contributed by atoms with Crippen LogP contribution in [0.1, 0.15) is 43.9 Å². The van der Waals surface area contributed by atoms with Crippen LogP contribution in [0.25, 0.3) is 0 Å². The van der Waals surface area contributed by atoms with Gasteiger partial charge in [-0.15, -0.1) is 0 Å². The normalized spacial score (nSPS) is 14.6. The van der Waals surface area contributed by atoms with Gasteiger partial charge in [-0.25, -0.2) is 4.79 Å². The molecule has 0 bridgehead atoms. The van der Waals surface area contributed by atoms with Crippen LogP contribution in [0.15, 0.2) is 84.9 Å².